The number of hydrogen-bond donors (Lipinski definition) is 1. The molecule has 2 aromatic rings. The van der Waals surface area contributed by atoms with Gasteiger partial charge in [-0.1, -0.05) is 35.9 Å². The van der Waals surface area contributed by atoms with Gasteiger partial charge < -0.3 is 14.7 Å². The first-order valence-electron chi connectivity index (χ1n) is 8.70. The average Bonchev–Trinajstić information content (AvgIpc) is 2.64. The van der Waals surface area contributed by atoms with Crippen LogP contribution in [0.5, 0.6) is 5.75 Å². The molecule has 1 aliphatic rings. The number of hydrogen-bond acceptors (Lipinski definition) is 4. The minimum atomic E-state index is -0.00289. The number of nitrogens with zero attached hydrogens (tertiary/aromatic N) is 2. The third-order valence-corrected chi connectivity index (χ3v) is 4.84. The maximum Gasteiger partial charge on any atom is 0.241 e. The summed E-state index contributed by atoms with van der Waals surface area (Å²) in [6.45, 7) is 4.07. The van der Waals surface area contributed by atoms with Gasteiger partial charge in [-0.15, -0.1) is 0 Å². The van der Waals surface area contributed by atoms with E-state index in [0.29, 0.717) is 24.7 Å². The lowest BCUT2D eigenvalue weighted by atomic mass is 10.1. The quantitative estimate of drug-likeness (QED) is 0.844. The first-order valence-corrected chi connectivity index (χ1v) is 9.08. The number of anilines is 1. The molecule has 6 heteroatoms. The second-order valence-electron chi connectivity index (χ2n) is 6.43. The Kier molecular flexibility index (Phi) is 6.14. The van der Waals surface area contributed by atoms with Crippen molar-refractivity contribution in [2.45, 2.75) is 19.5 Å². The Balaban J connectivity index is 1.64. The molecule has 1 fully saturated rings. The van der Waals surface area contributed by atoms with E-state index in [9.17, 15) is 4.79 Å². The number of amides is 1. The van der Waals surface area contributed by atoms with Crippen LogP contribution >= 0.6 is 11.6 Å². The van der Waals surface area contributed by atoms with Crippen molar-refractivity contribution in [1.29, 1.82) is 0 Å². The van der Waals surface area contributed by atoms with Gasteiger partial charge in [0.1, 0.15) is 12.4 Å². The highest BCUT2D eigenvalue weighted by Crippen LogP contribution is 2.28. The zero-order valence-corrected chi connectivity index (χ0v) is 15.5. The van der Waals surface area contributed by atoms with Crippen molar-refractivity contribution >= 4 is 23.2 Å². The maximum absolute atomic E-state index is 12.6. The first kappa shape index (κ1) is 18.7. The summed E-state index contributed by atoms with van der Waals surface area (Å²) in [4.78, 5) is 16.6. The standard InChI is InChI=1S/C20H23ClN2O3/c1-15-12-23(19-5-3-2-4-18(19)21)20(25)14-22(15)13-16-6-8-17(9-7-16)26-11-10-24/h2-9,15,24H,10-14H2,1H3/t15-/m0/s1. The van der Waals surface area contributed by atoms with Gasteiger partial charge in [0.15, 0.2) is 0 Å². The molecule has 3 rings (SSSR count). The molecular weight excluding hydrogens is 352 g/mol. The van der Waals surface area contributed by atoms with Crippen molar-refractivity contribution in [3.05, 3.63) is 59.1 Å². The molecule has 138 valence electrons. The average molecular weight is 375 g/mol. The molecule has 0 bridgehead atoms. The number of carbonyl (C=O) groups excluding carboxylic acids is 1. The Morgan fingerprint density at radius 3 is 2.62 bits per heavy atom. The molecule has 0 aromatic heterocycles. The van der Waals surface area contributed by atoms with Crippen molar-refractivity contribution in [2.24, 2.45) is 0 Å². The van der Waals surface area contributed by atoms with Gasteiger partial charge in [0, 0.05) is 19.1 Å². The number of aliphatic hydroxyl groups is 1. The third-order valence-electron chi connectivity index (χ3n) is 4.52. The molecule has 1 amide bonds. The summed E-state index contributed by atoms with van der Waals surface area (Å²) in [7, 11) is 0. The van der Waals surface area contributed by atoms with Gasteiger partial charge in [-0.05, 0) is 36.8 Å². The normalized spacial score (nSPS) is 18.2. The van der Waals surface area contributed by atoms with E-state index in [4.69, 9.17) is 21.4 Å². The fourth-order valence-corrected chi connectivity index (χ4v) is 3.34. The van der Waals surface area contributed by atoms with E-state index in [1.54, 1.807) is 4.90 Å². The summed E-state index contributed by atoms with van der Waals surface area (Å²) in [5.74, 6) is 0.787. The minimum Gasteiger partial charge on any atom is -0.491 e. The Hall–Kier alpha value is -2.08. The topological polar surface area (TPSA) is 53.0 Å². The molecule has 1 heterocycles. The van der Waals surface area contributed by atoms with Crippen LogP contribution in [0.3, 0.4) is 0 Å². The van der Waals surface area contributed by atoms with Crippen LogP contribution in [0.25, 0.3) is 0 Å². The molecule has 2 aromatic carbocycles. The Morgan fingerprint density at radius 2 is 1.92 bits per heavy atom. The fraction of sp³-hybridized carbons (Fsp3) is 0.350. The largest absolute Gasteiger partial charge is 0.491 e. The summed E-state index contributed by atoms with van der Waals surface area (Å²) in [6.07, 6.45) is 0. The van der Waals surface area contributed by atoms with Crippen LogP contribution in [0, 0.1) is 0 Å². The highest BCUT2D eigenvalue weighted by atomic mass is 35.5. The molecular formula is C20H23ClN2O3. The number of para-hydroxylation sites is 1. The molecule has 0 unspecified atom stereocenters. The summed E-state index contributed by atoms with van der Waals surface area (Å²) >= 11 is 6.25. The van der Waals surface area contributed by atoms with Gasteiger partial charge in [0.05, 0.1) is 23.9 Å². The number of aliphatic hydroxyl groups excluding tert-OH is 1. The van der Waals surface area contributed by atoms with E-state index >= 15 is 0 Å². The lowest BCUT2D eigenvalue weighted by Crippen LogP contribution is -2.54. The van der Waals surface area contributed by atoms with Gasteiger partial charge in [0.25, 0.3) is 0 Å². The summed E-state index contributed by atoms with van der Waals surface area (Å²) in [5.41, 5.74) is 1.89. The number of benzene rings is 2. The van der Waals surface area contributed by atoms with Gasteiger partial charge in [-0.25, -0.2) is 0 Å². The summed E-state index contributed by atoms with van der Waals surface area (Å²) < 4.78 is 5.38. The molecule has 0 aliphatic carbocycles. The van der Waals surface area contributed by atoms with Gasteiger partial charge in [-0.3, -0.25) is 9.69 Å². The number of carbonyl (C=O) groups is 1. The summed E-state index contributed by atoms with van der Waals surface area (Å²) in [5, 5.41) is 9.39. The van der Waals surface area contributed by atoms with Crippen LogP contribution in [0.15, 0.2) is 48.5 Å². The number of halogens is 1. The molecule has 1 saturated heterocycles. The van der Waals surface area contributed by atoms with E-state index in [-0.39, 0.29) is 25.2 Å². The molecule has 1 aliphatic heterocycles. The smallest absolute Gasteiger partial charge is 0.241 e. The fourth-order valence-electron chi connectivity index (χ4n) is 3.10. The van der Waals surface area contributed by atoms with Crippen LogP contribution < -0.4 is 9.64 Å². The van der Waals surface area contributed by atoms with Crippen LogP contribution in [0.2, 0.25) is 5.02 Å². The van der Waals surface area contributed by atoms with Crippen molar-refractivity contribution in [1.82, 2.24) is 4.90 Å². The molecule has 5 nitrogen and oxygen atoms in total. The summed E-state index contributed by atoms with van der Waals surface area (Å²) in [6, 6.07) is 15.4. The Bertz CT molecular complexity index is 751. The second kappa shape index (κ2) is 8.54. The van der Waals surface area contributed by atoms with Gasteiger partial charge in [-0.2, -0.15) is 0 Å². The lowest BCUT2D eigenvalue weighted by molar-refractivity contribution is -0.122. The highest BCUT2D eigenvalue weighted by Gasteiger charge is 2.31. The Labute approximate surface area is 158 Å². The van der Waals surface area contributed by atoms with Crippen molar-refractivity contribution in [3.63, 3.8) is 0 Å². The first-order chi connectivity index (χ1) is 12.6. The lowest BCUT2D eigenvalue weighted by Gasteiger charge is -2.39. The third kappa shape index (κ3) is 4.36. The monoisotopic (exact) mass is 374 g/mol. The second-order valence-corrected chi connectivity index (χ2v) is 6.83. The van der Waals surface area contributed by atoms with Crippen LogP contribution in [0.4, 0.5) is 5.69 Å². The molecule has 0 spiro atoms. The predicted molar refractivity (Wildman–Crippen MR) is 103 cm³/mol. The van der Waals surface area contributed by atoms with Crippen molar-refractivity contribution in [2.75, 3.05) is 31.2 Å². The number of ether oxygens (including phenoxy) is 1. The minimum absolute atomic E-state index is 0.00289. The van der Waals surface area contributed by atoms with E-state index in [1.165, 1.54) is 0 Å². The maximum atomic E-state index is 12.6. The van der Waals surface area contributed by atoms with Gasteiger partial charge >= 0.3 is 0 Å². The number of piperazine rings is 1. The zero-order valence-electron chi connectivity index (χ0n) is 14.8. The molecule has 0 radical (unpaired) electrons. The predicted octanol–water partition coefficient (Wildman–Crippen LogP) is 2.95. The molecule has 26 heavy (non-hydrogen) atoms. The van der Waals surface area contributed by atoms with Crippen LogP contribution in [0.1, 0.15) is 12.5 Å². The molecule has 0 saturated carbocycles. The number of rotatable bonds is 6. The van der Waals surface area contributed by atoms with E-state index in [1.807, 2.05) is 48.5 Å². The van der Waals surface area contributed by atoms with Crippen LogP contribution in [-0.2, 0) is 11.3 Å². The van der Waals surface area contributed by atoms with Gasteiger partial charge in [0.2, 0.25) is 5.91 Å². The SMILES string of the molecule is C[C@H]1CN(c2ccccc2Cl)C(=O)CN1Cc1ccc(OCCO)cc1. The Morgan fingerprint density at radius 1 is 1.19 bits per heavy atom. The van der Waals surface area contributed by atoms with E-state index in [2.05, 4.69) is 11.8 Å². The van der Waals surface area contributed by atoms with E-state index < -0.39 is 0 Å². The van der Waals surface area contributed by atoms with Crippen LogP contribution in [-0.4, -0.2) is 48.3 Å². The molecule has 1 N–H and O–H groups in total. The zero-order chi connectivity index (χ0) is 18.5. The van der Waals surface area contributed by atoms with E-state index in [0.717, 1.165) is 17.0 Å². The van der Waals surface area contributed by atoms with Crippen molar-refractivity contribution < 1.29 is 14.6 Å². The highest BCUT2D eigenvalue weighted by molar-refractivity contribution is 6.33. The van der Waals surface area contributed by atoms with Crippen molar-refractivity contribution in [3.8, 4) is 5.75 Å². The molecule has 1 atom stereocenters.